The summed E-state index contributed by atoms with van der Waals surface area (Å²) in [5.74, 6) is 1.12. The molecule has 0 N–H and O–H groups in total. The summed E-state index contributed by atoms with van der Waals surface area (Å²) in [4.78, 5) is 18.4. The number of hydrogen-bond acceptors (Lipinski definition) is 4. The molecular formula is C21H21N3O2. The summed E-state index contributed by atoms with van der Waals surface area (Å²) in [6, 6.07) is 14.1. The van der Waals surface area contributed by atoms with E-state index < -0.39 is 0 Å². The van der Waals surface area contributed by atoms with Gasteiger partial charge in [0.05, 0.1) is 6.54 Å². The number of aromatic nitrogens is 2. The fourth-order valence-electron chi connectivity index (χ4n) is 3.58. The van der Waals surface area contributed by atoms with Crippen molar-refractivity contribution in [3.05, 3.63) is 71.7 Å². The molecule has 5 heteroatoms. The van der Waals surface area contributed by atoms with E-state index in [4.69, 9.17) is 4.52 Å². The van der Waals surface area contributed by atoms with Gasteiger partial charge in [-0.15, -0.1) is 0 Å². The van der Waals surface area contributed by atoms with Gasteiger partial charge in [-0.1, -0.05) is 29.4 Å². The van der Waals surface area contributed by atoms with Gasteiger partial charge in [0.15, 0.2) is 5.76 Å². The molecule has 0 saturated heterocycles. The van der Waals surface area contributed by atoms with Crippen molar-refractivity contribution in [2.45, 2.75) is 31.7 Å². The highest BCUT2D eigenvalue weighted by molar-refractivity contribution is 5.77. The zero-order valence-corrected chi connectivity index (χ0v) is 14.8. The minimum Gasteiger partial charge on any atom is -0.359 e. The van der Waals surface area contributed by atoms with Gasteiger partial charge < -0.3 is 9.42 Å². The first-order valence-electron chi connectivity index (χ1n) is 8.88. The van der Waals surface area contributed by atoms with Gasteiger partial charge in [0, 0.05) is 37.5 Å². The molecule has 0 fully saturated rings. The summed E-state index contributed by atoms with van der Waals surface area (Å²) in [6.45, 7) is 0.417. The number of aryl methyl sites for hydroxylation is 1. The van der Waals surface area contributed by atoms with Crippen LogP contribution in [0.1, 0.15) is 35.6 Å². The standard InChI is InChI=1S/C21H21N3O2/c1-24(14-18-12-20(23-26-18)17-6-4-10-22-13-17)21(25)11-16-9-8-15-5-2-3-7-19(15)16/h2-7,10,12-13,16H,8-9,11,14H2,1H3/t16-/m0/s1. The molecule has 1 aromatic carbocycles. The normalized spacial score (nSPS) is 15.7. The Morgan fingerprint density at radius 3 is 3.00 bits per heavy atom. The molecule has 3 aromatic rings. The van der Waals surface area contributed by atoms with Crippen LogP contribution in [-0.2, 0) is 17.8 Å². The fraction of sp³-hybridized carbons (Fsp3) is 0.286. The maximum absolute atomic E-state index is 12.6. The monoisotopic (exact) mass is 347 g/mol. The average molecular weight is 347 g/mol. The number of hydrogen-bond donors (Lipinski definition) is 0. The predicted octanol–water partition coefficient (Wildman–Crippen LogP) is 3.82. The Hall–Kier alpha value is -2.95. The summed E-state index contributed by atoms with van der Waals surface area (Å²) in [5, 5.41) is 4.08. The molecule has 1 aliphatic carbocycles. The lowest BCUT2D eigenvalue weighted by molar-refractivity contribution is -0.131. The van der Waals surface area contributed by atoms with Crippen molar-refractivity contribution in [1.29, 1.82) is 0 Å². The second kappa shape index (κ2) is 7.12. The van der Waals surface area contributed by atoms with E-state index in [0.717, 1.165) is 24.1 Å². The molecule has 0 aliphatic heterocycles. The van der Waals surface area contributed by atoms with Crippen LogP contribution >= 0.6 is 0 Å². The molecule has 1 atom stereocenters. The third-order valence-corrected chi connectivity index (χ3v) is 5.01. The van der Waals surface area contributed by atoms with Crippen molar-refractivity contribution in [1.82, 2.24) is 15.0 Å². The van der Waals surface area contributed by atoms with Crippen molar-refractivity contribution >= 4 is 5.91 Å². The van der Waals surface area contributed by atoms with Crippen molar-refractivity contribution in [3.8, 4) is 11.3 Å². The van der Waals surface area contributed by atoms with Crippen LogP contribution < -0.4 is 0 Å². The van der Waals surface area contributed by atoms with Gasteiger partial charge in [-0.2, -0.15) is 0 Å². The lowest BCUT2D eigenvalue weighted by Gasteiger charge is -2.18. The highest BCUT2D eigenvalue weighted by atomic mass is 16.5. The molecule has 5 nitrogen and oxygen atoms in total. The maximum Gasteiger partial charge on any atom is 0.223 e. The molecule has 26 heavy (non-hydrogen) atoms. The van der Waals surface area contributed by atoms with Crippen LogP contribution in [-0.4, -0.2) is 28.0 Å². The van der Waals surface area contributed by atoms with Gasteiger partial charge in [0.2, 0.25) is 5.91 Å². The van der Waals surface area contributed by atoms with Gasteiger partial charge in [0.1, 0.15) is 5.69 Å². The van der Waals surface area contributed by atoms with Gasteiger partial charge in [-0.3, -0.25) is 9.78 Å². The van der Waals surface area contributed by atoms with Crippen LogP contribution in [0.3, 0.4) is 0 Å². The maximum atomic E-state index is 12.6. The topological polar surface area (TPSA) is 59.2 Å². The second-order valence-corrected chi connectivity index (χ2v) is 6.81. The molecule has 1 aliphatic rings. The quantitative estimate of drug-likeness (QED) is 0.704. The van der Waals surface area contributed by atoms with Crippen LogP contribution in [0.4, 0.5) is 0 Å². The van der Waals surface area contributed by atoms with Crippen LogP contribution in [0, 0.1) is 0 Å². The molecule has 0 spiro atoms. The summed E-state index contributed by atoms with van der Waals surface area (Å²) in [5.41, 5.74) is 4.34. The molecule has 0 bridgehead atoms. The average Bonchev–Trinajstić information content (AvgIpc) is 3.30. The Bertz CT molecular complexity index is 904. The molecule has 132 valence electrons. The van der Waals surface area contributed by atoms with E-state index >= 15 is 0 Å². The molecular weight excluding hydrogens is 326 g/mol. The summed E-state index contributed by atoms with van der Waals surface area (Å²) >= 11 is 0. The summed E-state index contributed by atoms with van der Waals surface area (Å²) in [6.07, 6.45) is 6.12. The molecule has 1 amide bonds. The van der Waals surface area contributed by atoms with Crippen LogP contribution in [0.5, 0.6) is 0 Å². The predicted molar refractivity (Wildman–Crippen MR) is 98.3 cm³/mol. The number of carbonyl (C=O) groups excluding carboxylic acids is 1. The van der Waals surface area contributed by atoms with E-state index in [1.807, 2.05) is 25.2 Å². The second-order valence-electron chi connectivity index (χ2n) is 6.81. The zero-order valence-electron chi connectivity index (χ0n) is 14.8. The van der Waals surface area contributed by atoms with E-state index in [1.165, 1.54) is 11.1 Å². The third kappa shape index (κ3) is 3.38. The first kappa shape index (κ1) is 16.5. The first-order valence-corrected chi connectivity index (χ1v) is 8.88. The van der Waals surface area contributed by atoms with Crippen molar-refractivity contribution in [2.24, 2.45) is 0 Å². The van der Waals surface area contributed by atoms with E-state index in [9.17, 15) is 4.79 Å². The van der Waals surface area contributed by atoms with Crippen LogP contribution in [0.2, 0.25) is 0 Å². The summed E-state index contributed by atoms with van der Waals surface area (Å²) < 4.78 is 5.39. The highest BCUT2D eigenvalue weighted by Gasteiger charge is 2.25. The van der Waals surface area contributed by atoms with Crippen molar-refractivity contribution < 1.29 is 9.32 Å². The highest BCUT2D eigenvalue weighted by Crippen LogP contribution is 2.35. The Labute approximate surface area is 152 Å². The van der Waals surface area contributed by atoms with Crippen molar-refractivity contribution in [2.75, 3.05) is 7.05 Å². The zero-order chi connectivity index (χ0) is 17.9. The van der Waals surface area contributed by atoms with Crippen LogP contribution in [0.15, 0.2) is 59.4 Å². The fourth-order valence-corrected chi connectivity index (χ4v) is 3.58. The molecule has 0 unspecified atom stereocenters. The number of benzene rings is 1. The molecule has 0 saturated carbocycles. The van der Waals surface area contributed by atoms with Gasteiger partial charge in [-0.25, -0.2) is 0 Å². The lowest BCUT2D eigenvalue weighted by Crippen LogP contribution is -2.27. The summed E-state index contributed by atoms with van der Waals surface area (Å²) in [7, 11) is 1.81. The molecule has 2 aromatic heterocycles. The Morgan fingerprint density at radius 1 is 1.27 bits per heavy atom. The number of fused-ring (bicyclic) bond motifs is 1. The minimum absolute atomic E-state index is 0.131. The number of nitrogens with zero attached hydrogens (tertiary/aromatic N) is 3. The van der Waals surface area contributed by atoms with E-state index in [0.29, 0.717) is 24.6 Å². The molecule has 0 radical (unpaired) electrons. The number of rotatable bonds is 5. The van der Waals surface area contributed by atoms with Gasteiger partial charge in [0.25, 0.3) is 0 Å². The molecule has 2 heterocycles. The van der Waals surface area contributed by atoms with E-state index in [2.05, 4.69) is 34.4 Å². The Balaban J connectivity index is 1.39. The number of pyridine rings is 1. The largest absolute Gasteiger partial charge is 0.359 e. The smallest absolute Gasteiger partial charge is 0.223 e. The first-order chi connectivity index (χ1) is 12.7. The minimum atomic E-state index is 0.131. The third-order valence-electron chi connectivity index (χ3n) is 5.01. The van der Waals surface area contributed by atoms with Crippen LogP contribution in [0.25, 0.3) is 11.3 Å². The SMILES string of the molecule is CN(Cc1cc(-c2cccnc2)no1)C(=O)C[C@@H]1CCc2ccccc21. The Kier molecular flexibility index (Phi) is 4.52. The van der Waals surface area contributed by atoms with Crippen molar-refractivity contribution in [3.63, 3.8) is 0 Å². The number of amides is 1. The van der Waals surface area contributed by atoms with Gasteiger partial charge >= 0.3 is 0 Å². The van der Waals surface area contributed by atoms with E-state index in [-0.39, 0.29) is 5.91 Å². The lowest BCUT2D eigenvalue weighted by atomic mass is 9.97. The van der Waals surface area contributed by atoms with Gasteiger partial charge in [-0.05, 0) is 42.0 Å². The molecule has 4 rings (SSSR count). The number of carbonyl (C=O) groups is 1. The van der Waals surface area contributed by atoms with E-state index in [1.54, 1.807) is 17.3 Å². The Morgan fingerprint density at radius 2 is 2.15 bits per heavy atom.